The van der Waals surface area contributed by atoms with E-state index < -0.39 is 22.0 Å². The second-order valence-electron chi connectivity index (χ2n) is 6.34. The van der Waals surface area contributed by atoms with E-state index >= 15 is 0 Å². The number of amides is 1. The number of sulfonamides is 1. The van der Waals surface area contributed by atoms with Gasteiger partial charge in [0, 0.05) is 0 Å². The van der Waals surface area contributed by atoms with Crippen molar-refractivity contribution in [3.05, 3.63) is 58.1 Å². The molecule has 1 amide bonds. The van der Waals surface area contributed by atoms with E-state index in [1.807, 2.05) is 19.1 Å². The second kappa shape index (κ2) is 9.03. The molecule has 0 radical (unpaired) electrons. The van der Waals surface area contributed by atoms with E-state index in [4.69, 9.17) is 27.9 Å². The number of benzene rings is 2. The number of anilines is 1. The van der Waals surface area contributed by atoms with Crippen molar-refractivity contribution in [2.75, 3.05) is 17.7 Å². The van der Waals surface area contributed by atoms with Crippen LogP contribution in [0.4, 0.5) is 5.69 Å². The van der Waals surface area contributed by atoms with Crippen molar-refractivity contribution >= 4 is 44.8 Å². The van der Waals surface area contributed by atoms with Crippen LogP contribution in [0.3, 0.4) is 0 Å². The zero-order valence-electron chi connectivity index (χ0n) is 15.9. The number of methoxy groups -OCH3 is 1. The average Bonchev–Trinajstić information content (AvgIpc) is 2.63. The number of carbonyl (C=O) groups excluding carboxylic acids is 1. The molecule has 2 atom stereocenters. The van der Waals surface area contributed by atoms with Gasteiger partial charge in [-0.3, -0.25) is 9.10 Å². The third-order valence-corrected chi connectivity index (χ3v) is 6.20. The summed E-state index contributed by atoms with van der Waals surface area (Å²) in [5, 5.41) is 3.33. The van der Waals surface area contributed by atoms with Gasteiger partial charge in [0.15, 0.2) is 0 Å². The molecule has 0 spiro atoms. The van der Waals surface area contributed by atoms with Crippen molar-refractivity contribution in [3.63, 3.8) is 0 Å². The van der Waals surface area contributed by atoms with E-state index in [1.165, 1.54) is 25.1 Å². The minimum atomic E-state index is -3.75. The average molecular weight is 445 g/mol. The Hall–Kier alpha value is -1.96. The number of halogens is 2. The highest BCUT2D eigenvalue weighted by Crippen LogP contribution is 2.30. The fourth-order valence-electron chi connectivity index (χ4n) is 2.74. The predicted molar refractivity (Wildman–Crippen MR) is 113 cm³/mol. The molecular formula is C19H22Cl2N2O4S. The molecular weight excluding hydrogens is 423 g/mol. The predicted octanol–water partition coefficient (Wildman–Crippen LogP) is 4.03. The van der Waals surface area contributed by atoms with E-state index in [-0.39, 0.29) is 16.8 Å². The number of nitrogens with one attached hydrogen (secondary N) is 1. The molecule has 0 fully saturated rings. The minimum Gasteiger partial charge on any atom is -0.497 e. The molecule has 0 aliphatic rings. The van der Waals surface area contributed by atoms with Crippen LogP contribution < -0.4 is 14.4 Å². The zero-order chi connectivity index (χ0) is 21.1. The molecule has 2 aromatic carbocycles. The molecule has 0 aliphatic carbocycles. The van der Waals surface area contributed by atoms with Crippen molar-refractivity contribution in [2.24, 2.45) is 0 Å². The molecule has 0 saturated heterocycles. The normalized spacial score (nSPS) is 13.5. The first kappa shape index (κ1) is 22.3. The SMILES string of the molecule is COc1ccc([C@@H](C)NC(=O)[C@H](C)N(c2ccc(Cl)c(Cl)c2)S(C)(=O)=O)cc1. The molecule has 152 valence electrons. The summed E-state index contributed by atoms with van der Waals surface area (Å²) in [6.45, 7) is 3.33. The van der Waals surface area contributed by atoms with Crippen LogP contribution >= 0.6 is 23.2 Å². The number of nitrogens with zero attached hydrogens (tertiary/aromatic N) is 1. The maximum Gasteiger partial charge on any atom is 0.244 e. The Kier molecular flexibility index (Phi) is 7.20. The van der Waals surface area contributed by atoms with Gasteiger partial charge in [-0.05, 0) is 49.7 Å². The van der Waals surface area contributed by atoms with Gasteiger partial charge in [-0.15, -0.1) is 0 Å². The standard InChI is InChI=1S/C19H22Cl2N2O4S/c1-12(14-5-8-16(27-3)9-6-14)22-19(24)13(2)23(28(4,25)26)15-7-10-17(20)18(21)11-15/h5-13H,1-4H3,(H,22,24)/t12-,13+/m1/s1. The maximum atomic E-state index is 12.8. The lowest BCUT2D eigenvalue weighted by Crippen LogP contribution is -2.48. The summed E-state index contributed by atoms with van der Waals surface area (Å²) in [7, 11) is -2.17. The fraction of sp³-hybridized carbons (Fsp3) is 0.316. The molecule has 2 aromatic rings. The van der Waals surface area contributed by atoms with Crippen LogP contribution in [0.25, 0.3) is 0 Å². The number of carbonyl (C=O) groups is 1. The number of rotatable bonds is 7. The Labute approximate surface area is 175 Å². The lowest BCUT2D eigenvalue weighted by atomic mass is 10.1. The van der Waals surface area contributed by atoms with Gasteiger partial charge in [0.25, 0.3) is 0 Å². The van der Waals surface area contributed by atoms with Gasteiger partial charge in [-0.2, -0.15) is 0 Å². The third-order valence-electron chi connectivity index (χ3n) is 4.22. The van der Waals surface area contributed by atoms with Gasteiger partial charge in [-0.25, -0.2) is 8.42 Å². The van der Waals surface area contributed by atoms with E-state index in [0.717, 1.165) is 16.1 Å². The summed E-state index contributed by atoms with van der Waals surface area (Å²) >= 11 is 11.9. The van der Waals surface area contributed by atoms with Crippen LogP contribution in [-0.2, 0) is 14.8 Å². The second-order valence-corrected chi connectivity index (χ2v) is 9.01. The van der Waals surface area contributed by atoms with Crippen molar-refractivity contribution < 1.29 is 17.9 Å². The molecule has 28 heavy (non-hydrogen) atoms. The monoisotopic (exact) mass is 444 g/mol. The van der Waals surface area contributed by atoms with Crippen LogP contribution in [-0.4, -0.2) is 33.7 Å². The molecule has 0 heterocycles. The molecule has 6 nitrogen and oxygen atoms in total. The quantitative estimate of drug-likeness (QED) is 0.698. The topological polar surface area (TPSA) is 75.7 Å². The van der Waals surface area contributed by atoms with Gasteiger partial charge < -0.3 is 10.1 Å². The highest BCUT2D eigenvalue weighted by atomic mass is 35.5. The molecule has 0 bridgehead atoms. The molecule has 0 saturated carbocycles. The summed E-state index contributed by atoms with van der Waals surface area (Å²) < 4.78 is 30.9. The maximum absolute atomic E-state index is 12.8. The Morgan fingerprint density at radius 1 is 1.07 bits per heavy atom. The minimum absolute atomic E-state index is 0.201. The van der Waals surface area contributed by atoms with E-state index in [9.17, 15) is 13.2 Å². The van der Waals surface area contributed by atoms with Crippen molar-refractivity contribution in [2.45, 2.75) is 25.9 Å². The molecule has 0 aliphatic heterocycles. The lowest BCUT2D eigenvalue weighted by molar-refractivity contribution is -0.122. The first-order valence-corrected chi connectivity index (χ1v) is 11.0. The van der Waals surface area contributed by atoms with Crippen LogP contribution in [0, 0.1) is 0 Å². The van der Waals surface area contributed by atoms with Crippen molar-refractivity contribution in [3.8, 4) is 5.75 Å². The highest BCUT2D eigenvalue weighted by molar-refractivity contribution is 7.92. The Morgan fingerprint density at radius 2 is 1.68 bits per heavy atom. The lowest BCUT2D eigenvalue weighted by Gasteiger charge is -2.29. The highest BCUT2D eigenvalue weighted by Gasteiger charge is 2.30. The van der Waals surface area contributed by atoms with Crippen LogP contribution in [0.5, 0.6) is 5.75 Å². The number of hydrogen-bond donors (Lipinski definition) is 1. The zero-order valence-corrected chi connectivity index (χ0v) is 18.3. The van der Waals surface area contributed by atoms with E-state index in [1.54, 1.807) is 19.2 Å². The third kappa shape index (κ3) is 5.31. The van der Waals surface area contributed by atoms with Crippen LogP contribution in [0.1, 0.15) is 25.5 Å². The number of ether oxygens (including phenoxy) is 1. The molecule has 9 heteroatoms. The van der Waals surface area contributed by atoms with E-state index in [2.05, 4.69) is 5.32 Å². The Bertz CT molecular complexity index is 949. The molecule has 1 N–H and O–H groups in total. The molecule has 2 rings (SSSR count). The smallest absolute Gasteiger partial charge is 0.244 e. The summed E-state index contributed by atoms with van der Waals surface area (Å²) in [5.74, 6) is 0.262. The van der Waals surface area contributed by atoms with Crippen molar-refractivity contribution in [1.82, 2.24) is 5.32 Å². The van der Waals surface area contributed by atoms with Crippen LogP contribution in [0.15, 0.2) is 42.5 Å². The van der Waals surface area contributed by atoms with Gasteiger partial charge in [0.1, 0.15) is 11.8 Å². The van der Waals surface area contributed by atoms with Gasteiger partial charge in [0.05, 0.1) is 35.1 Å². The van der Waals surface area contributed by atoms with Gasteiger partial charge in [-0.1, -0.05) is 35.3 Å². The first-order chi connectivity index (χ1) is 13.0. The Morgan fingerprint density at radius 3 is 2.18 bits per heavy atom. The largest absolute Gasteiger partial charge is 0.497 e. The first-order valence-electron chi connectivity index (χ1n) is 8.43. The summed E-state index contributed by atoms with van der Waals surface area (Å²) in [4.78, 5) is 12.8. The molecule has 0 unspecified atom stereocenters. The van der Waals surface area contributed by atoms with Crippen LogP contribution in [0.2, 0.25) is 10.0 Å². The summed E-state index contributed by atoms with van der Waals surface area (Å²) in [6.07, 6.45) is 1.03. The molecule has 0 aromatic heterocycles. The Balaban J connectivity index is 2.24. The van der Waals surface area contributed by atoms with Crippen molar-refractivity contribution in [1.29, 1.82) is 0 Å². The van der Waals surface area contributed by atoms with Gasteiger partial charge >= 0.3 is 0 Å². The number of hydrogen-bond acceptors (Lipinski definition) is 4. The van der Waals surface area contributed by atoms with Gasteiger partial charge in [0.2, 0.25) is 15.9 Å². The summed E-state index contributed by atoms with van der Waals surface area (Å²) in [6, 6.07) is 10.3. The fourth-order valence-corrected chi connectivity index (χ4v) is 4.20. The summed E-state index contributed by atoms with van der Waals surface area (Å²) in [5.41, 5.74) is 1.12. The van der Waals surface area contributed by atoms with E-state index in [0.29, 0.717) is 10.8 Å².